The number of rotatable bonds is 3. The Morgan fingerprint density at radius 2 is 1.87 bits per heavy atom. The van der Waals surface area contributed by atoms with E-state index in [1.807, 2.05) is 26.0 Å². The molecule has 0 aliphatic heterocycles. The number of hydrogen-bond acceptors (Lipinski definition) is 0. The number of allylic oxidation sites excluding steroid dienone is 4. The minimum atomic E-state index is 0.402. The highest BCUT2D eigenvalue weighted by atomic mass is 13.9. The Labute approximate surface area is 95.8 Å². The molecule has 0 saturated carbocycles. The summed E-state index contributed by atoms with van der Waals surface area (Å²) in [5, 5.41) is 0. The van der Waals surface area contributed by atoms with Gasteiger partial charge in [0.2, 0.25) is 0 Å². The van der Waals surface area contributed by atoms with Crippen molar-refractivity contribution >= 4 is 0 Å². The molecule has 0 nitrogen and oxygen atoms in total. The molecule has 0 spiro atoms. The van der Waals surface area contributed by atoms with Crippen molar-refractivity contribution in [2.45, 2.75) is 41.0 Å². The zero-order valence-corrected chi connectivity index (χ0v) is 10.9. The van der Waals surface area contributed by atoms with E-state index in [0.29, 0.717) is 5.92 Å². The zero-order chi connectivity index (χ0) is 12.3. The Morgan fingerprint density at radius 3 is 2.20 bits per heavy atom. The average Bonchev–Trinajstić information content (AvgIpc) is 2.25. The lowest BCUT2D eigenvalue weighted by atomic mass is 10.1. The molecular formula is C15H24. The van der Waals surface area contributed by atoms with E-state index in [4.69, 9.17) is 0 Å². The lowest BCUT2D eigenvalue weighted by Crippen LogP contribution is -1.80. The first-order valence-electron chi connectivity index (χ1n) is 5.63. The van der Waals surface area contributed by atoms with Gasteiger partial charge in [0.15, 0.2) is 0 Å². The quantitative estimate of drug-likeness (QED) is 0.459. The maximum atomic E-state index is 3.86. The van der Waals surface area contributed by atoms with Crippen LogP contribution in [0.4, 0.5) is 0 Å². The molecule has 15 heavy (non-hydrogen) atoms. The third-order valence-corrected chi connectivity index (χ3v) is 1.55. The molecule has 0 bridgehead atoms. The molecule has 0 saturated heterocycles. The second-order valence-electron chi connectivity index (χ2n) is 3.23. The maximum Gasteiger partial charge on any atom is 0.0176 e. The van der Waals surface area contributed by atoms with Crippen LogP contribution in [-0.2, 0) is 0 Å². The molecule has 0 rings (SSSR count). The van der Waals surface area contributed by atoms with Gasteiger partial charge in [-0.15, -0.1) is 0 Å². The molecule has 0 heterocycles. The van der Waals surface area contributed by atoms with Crippen molar-refractivity contribution in [1.29, 1.82) is 0 Å². The fraction of sp³-hybridized carbons (Fsp3) is 0.467. The molecule has 0 aliphatic rings. The Hall–Kier alpha value is -1.22. The van der Waals surface area contributed by atoms with Crippen molar-refractivity contribution in [3.63, 3.8) is 0 Å². The van der Waals surface area contributed by atoms with Crippen LogP contribution in [0.25, 0.3) is 0 Å². The third-order valence-electron chi connectivity index (χ3n) is 1.55. The molecule has 0 fully saturated rings. The molecule has 0 unspecified atom stereocenters. The summed E-state index contributed by atoms with van der Waals surface area (Å²) in [6.07, 6.45) is 4.82. The van der Waals surface area contributed by atoms with Gasteiger partial charge in [0.25, 0.3) is 0 Å². The lowest BCUT2D eigenvalue weighted by Gasteiger charge is -1.95. The van der Waals surface area contributed by atoms with Crippen LogP contribution in [0.5, 0.6) is 0 Å². The summed E-state index contributed by atoms with van der Waals surface area (Å²) >= 11 is 0. The van der Waals surface area contributed by atoms with E-state index < -0.39 is 0 Å². The van der Waals surface area contributed by atoms with Gasteiger partial charge < -0.3 is 0 Å². The molecule has 0 aromatic rings. The Bertz CT molecular complexity index is 266. The van der Waals surface area contributed by atoms with E-state index >= 15 is 0 Å². The Balaban J connectivity index is 0. The second kappa shape index (κ2) is 10.9. The van der Waals surface area contributed by atoms with E-state index in [0.717, 1.165) is 12.0 Å². The summed E-state index contributed by atoms with van der Waals surface area (Å²) in [6.45, 7) is 17.8. The summed E-state index contributed by atoms with van der Waals surface area (Å²) in [5.41, 5.74) is 2.05. The van der Waals surface area contributed by atoms with Gasteiger partial charge in [0, 0.05) is 11.5 Å². The average molecular weight is 204 g/mol. The van der Waals surface area contributed by atoms with Crippen LogP contribution in [0.2, 0.25) is 0 Å². The van der Waals surface area contributed by atoms with Crippen LogP contribution in [-0.4, -0.2) is 0 Å². The highest BCUT2D eigenvalue weighted by Crippen LogP contribution is 2.05. The van der Waals surface area contributed by atoms with Crippen molar-refractivity contribution in [2.24, 2.45) is 5.92 Å². The smallest absolute Gasteiger partial charge is 0.0176 e. The van der Waals surface area contributed by atoms with E-state index in [1.165, 1.54) is 5.57 Å². The molecule has 0 radical (unpaired) electrons. The minimum absolute atomic E-state index is 0.402. The molecule has 84 valence electrons. The topological polar surface area (TPSA) is 0 Å². The van der Waals surface area contributed by atoms with Gasteiger partial charge in [-0.25, -0.2) is 0 Å². The summed E-state index contributed by atoms with van der Waals surface area (Å²) in [6, 6.07) is 0. The summed E-state index contributed by atoms with van der Waals surface area (Å²) in [7, 11) is 0. The predicted molar refractivity (Wildman–Crippen MR) is 71.7 cm³/mol. The van der Waals surface area contributed by atoms with Crippen LogP contribution in [0.15, 0.2) is 36.5 Å². The molecule has 0 amide bonds. The van der Waals surface area contributed by atoms with Crippen molar-refractivity contribution in [3.8, 4) is 11.8 Å². The highest BCUT2D eigenvalue weighted by Gasteiger charge is 1.88. The van der Waals surface area contributed by atoms with Gasteiger partial charge in [-0.05, 0) is 18.1 Å². The minimum Gasteiger partial charge on any atom is -0.0988 e. The Kier molecular flexibility index (Phi) is 11.7. The Morgan fingerprint density at radius 1 is 1.33 bits per heavy atom. The van der Waals surface area contributed by atoms with Crippen LogP contribution in [0, 0.1) is 17.8 Å². The summed E-state index contributed by atoms with van der Waals surface area (Å²) in [4.78, 5) is 0. The fourth-order valence-corrected chi connectivity index (χ4v) is 0.802. The SMILES string of the molecule is C=C/C(=C\C(=C)C#CC(C)C)CC.CC. The molecule has 0 aromatic heterocycles. The first-order valence-corrected chi connectivity index (χ1v) is 5.63. The molecule has 0 aliphatic carbocycles. The molecular weight excluding hydrogens is 180 g/mol. The highest BCUT2D eigenvalue weighted by molar-refractivity contribution is 5.40. The predicted octanol–water partition coefficient (Wildman–Crippen LogP) is 4.75. The van der Waals surface area contributed by atoms with Crippen molar-refractivity contribution < 1.29 is 0 Å². The number of hydrogen-bond donors (Lipinski definition) is 0. The maximum absolute atomic E-state index is 3.86. The normalized spacial score (nSPS) is 9.60. The van der Waals surface area contributed by atoms with Crippen LogP contribution in [0.1, 0.15) is 41.0 Å². The van der Waals surface area contributed by atoms with Gasteiger partial charge >= 0.3 is 0 Å². The fourth-order valence-electron chi connectivity index (χ4n) is 0.802. The van der Waals surface area contributed by atoms with E-state index in [-0.39, 0.29) is 0 Å². The van der Waals surface area contributed by atoms with Crippen LogP contribution >= 0.6 is 0 Å². The molecule has 0 aromatic carbocycles. The van der Waals surface area contributed by atoms with Gasteiger partial charge in [0.1, 0.15) is 0 Å². The van der Waals surface area contributed by atoms with Gasteiger partial charge in [-0.2, -0.15) is 0 Å². The van der Waals surface area contributed by atoms with Gasteiger partial charge in [-0.1, -0.05) is 65.7 Å². The van der Waals surface area contributed by atoms with Crippen molar-refractivity contribution in [3.05, 3.63) is 36.5 Å². The molecule has 0 heteroatoms. The lowest BCUT2D eigenvalue weighted by molar-refractivity contribution is 0.866. The monoisotopic (exact) mass is 204 g/mol. The summed E-state index contributed by atoms with van der Waals surface area (Å²) < 4.78 is 0. The van der Waals surface area contributed by atoms with Gasteiger partial charge in [-0.3, -0.25) is 0 Å². The van der Waals surface area contributed by atoms with Crippen molar-refractivity contribution in [2.75, 3.05) is 0 Å². The van der Waals surface area contributed by atoms with E-state index in [2.05, 4.69) is 45.8 Å². The third kappa shape index (κ3) is 10.7. The first kappa shape index (κ1) is 16.2. The van der Waals surface area contributed by atoms with Gasteiger partial charge in [0.05, 0.1) is 0 Å². The first-order chi connectivity index (χ1) is 7.10. The van der Waals surface area contributed by atoms with Crippen LogP contribution < -0.4 is 0 Å². The van der Waals surface area contributed by atoms with Crippen LogP contribution in [0.3, 0.4) is 0 Å². The second-order valence-corrected chi connectivity index (χ2v) is 3.23. The largest absolute Gasteiger partial charge is 0.0988 e. The van der Waals surface area contributed by atoms with E-state index in [1.54, 1.807) is 0 Å². The zero-order valence-electron chi connectivity index (χ0n) is 10.9. The summed E-state index contributed by atoms with van der Waals surface area (Å²) in [5.74, 6) is 6.48. The standard InChI is InChI=1S/C13H18.C2H6/c1-6-13(7-2)10-12(5)9-8-11(3)4;1-2/h6,10-11H,1,5,7H2,2-4H3;1-2H3/b13-10+;. The molecule has 0 N–H and O–H groups in total. The van der Waals surface area contributed by atoms with Crippen molar-refractivity contribution in [1.82, 2.24) is 0 Å². The van der Waals surface area contributed by atoms with E-state index in [9.17, 15) is 0 Å². The molecule has 0 atom stereocenters.